The van der Waals surface area contributed by atoms with Crippen LogP contribution in [0.1, 0.15) is 24.9 Å². The van der Waals surface area contributed by atoms with E-state index in [4.69, 9.17) is 15.7 Å². The monoisotopic (exact) mass is 268 g/mol. The minimum Gasteiger partial charge on any atom is -0.494 e. The largest absolute Gasteiger partial charge is 0.494 e. The minimum atomic E-state index is -0.297. The van der Waals surface area contributed by atoms with Gasteiger partial charge in [0.1, 0.15) is 5.75 Å². The molecule has 0 saturated carbocycles. The number of nitrogens with two attached hydrogens (primary N) is 1. The Balaban J connectivity index is 3.01. The van der Waals surface area contributed by atoms with Crippen LogP contribution in [0.5, 0.6) is 5.75 Å². The summed E-state index contributed by atoms with van der Waals surface area (Å²) in [6, 6.07) is 7.42. The van der Waals surface area contributed by atoms with Gasteiger partial charge in [0.15, 0.2) is 0 Å². The van der Waals surface area contributed by atoms with Crippen LogP contribution in [0.2, 0.25) is 0 Å². The van der Waals surface area contributed by atoms with Gasteiger partial charge in [-0.25, -0.2) is 0 Å². The average molecular weight is 269 g/mol. The van der Waals surface area contributed by atoms with E-state index in [1.807, 2.05) is 25.1 Å². The third-order valence-electron chi connectivity index (χ3n) is 1.98. The molecular weight excluding hydrogens is 256 g/mol. The Hall–Kier alpha value is -1.05. The summed E-state index contributed by atoms with van der Waals surface area (Å²) < 4.78 is 6.39. The van der Waals surface area contributed by atoms with Crippen LogP contribution in [-0.4, -0.2) is 6.61 Å². The van der Waals surface area contributed by atoms with E-state index < -0.39 is 0 Å². The van der Waals surface area contributed by atoms with Crippen LogP contribution in [0.15, 0.2) is 22.7 Å². The molecule has 1 aromatic carbocycles. The van der Waals surface area contributed by atoms with Gasteiger partial charge in [0.25, 0.3) is 0 Å². The number of benzene rings is 1. The lowest BCUT2D eigenvalue weighted by Gasteiger charge is -2.14. The fraction of sp³-hybridized carbons (Fsp3) is 0.364. The zero-order valence-electron chi connectivity index (χ0n) is 8.53. The first-order chi connectivity index (χ1) is 7.19. The normalized spacial score (nSPS) is 11.9. The maximum Gasteiger partial charge on any atom is 0.124 e. The number of rotatable bonds is 4. The molecule has 4 heteroatoms. The molecule has 0 bridgehead atoms. The Kier molecular flexibility index (Phi) is 4.60. The zero-order chi connectivity index (χ0) is 11.3. The zero-order valence-corrected chi connectivity index (χ0v) is 10.1. The molecule has 0 aromatic heterocycles. The highest BCUT2D eigenvalue weighted by atomic mass is 79.9. The van der Waals surface area contributed by atoms with Crippen molar-refractivity contribution in [1.29, 1.82) is 5.26 Å². The van der Waals surface area contributed by atoms with Crippen LogP contribution in [0.25, 0.3) is 0 Å². The van der Waals surface area contributed by atoms with Crippen LogP contribution in [0, 0.1) is 11.3 Å². The molecule has 0 aliphatic carbocycles. The molecule has 1 rings (SSSR count). The van der Waals surface area contributed by atoms with E-state index in [0.717, 1.165) is 15.8 Å². The molecule has 15 heavy (non-hydrogen) atoms. The molecular formula is C11H13BrN2O. The van der Waals surface area contributed by atoms with E-state index in [2.05, 4.69) is 22.0 Å². The Morgan fingerprint density at radius 1 is 1.60 bits per heavy atom. The van der Waals surface area contributed by atoms with E-state index in [-0.39, 0.29) is 12.5 Å². The molecule has 1 aromatic rings. The predicted octanol–water partition coefficient (Wildman–Crippen LogP) is 2.76. The lowest BCUT2D eigenvalue weighted by Crippen LogP contribution is -2.11. The molecule has 0 radical (unpaired) electrons. The first kappa shape index (κ1) is 12.0. The summed E-state index contributed by atoms with van der Waals surface area (Å²) >= 11 is 3.37. The standard InChI is InChI=1S/C11H13BrN2O/c1-2-15-11-4-3-8(12)7-9(11)10(14)5-6-13/h3-4,7,10H,2,5,14H2,1H3/t10-/m1/s1. The minimum absolute atomic E-state index is 0.288. The number of ether oxygens (including phenoxy) is 1. The van der Waals surface area contributed by atoms with Gasteiger partial charge in [-0.3, -0.25) is 0 Å². The van der Waals surface area contributed by atoms with Crippen molar-refractivity contribution in [3.63, 3.8) is 0 Å². The molecule has 80 valence electrons. The van der Waals surface area contributed by atoms with Crippen LogP contribution < -0.4 is 10.5 Å². The summed E-state index contributed by atoms with van der Waals surface area (Å²) in [6.07, 6.45) is 0.288. The van der Waals surface area contributed by atoms with Crippen molar-refractivity contribution in [2.45, 2.75) is 19.4 Å². The summed E-state index contributed by atoms with van der Waals surface area (Å²) in [5.41, 5.74) is 6.75. The Bertz CT molecular complexity index is 373. The number of nitriles is 1. The van der Waals surface area contributed by atoms with Gasteiger partial charge in [-0.1, -0.05) is 15.9 Å². The molecule has 0 saturated heterocycles. The third kappa shape index (κ3) is 3.22. The molecule has 0 fully saturated rings. The second-order valence-corrected chi connectivity index (χ2v) is 4.00. The lowest BCUT2D eigenvalue weighted by atomic mass is 10.0. The highest BCUT2D eigenvalue weighted by Crippen LogP contribution is 2.28. The Labute approximate surface area is 98.0 Å². The fourth-order valence-electron chi connectivity index (χ4n) is 1.30. The van der Waals surface area contributed by atoms with Gasteiger partial charge in [0.2, 0.25) is 0 Å². The van der Waals surface area contributed by atoms with E-state index in [1.54, 1.807) is 0 Å². The van der Waals surface area contributed by atoms with E-state index in [0.29, 0.717) is 6.61 Å². The lowest BCUT2D eigenvalue weighted by molar-refractivity contribution is 0.334. The van der Waals surface area contributed by atoms with Crippen LogP contribution in [0.4, 0.5) is 0 Å². The van der Waals surface area contributed by atoms with E-state index in [9.17, 15) is 0 Å². The molecule has 1 atom stereocenters. The van der Waals surface area contributed by atoms with E-state index in [1.165, 1.54) is 0 Å². The molecule has 3 nitrogen and oxygen atoms in total. The maximum absolute atomic E-state index is 8.61. The van der Waals surface area contributed by atoms with Crippen molar-refractivity contribution in [1.82, 2.24) is 0 Å². The van der Waals surface area contributed by atoms with Crippen molar-refractivity contribution < 1.29 is 4.74 Å². The molecule has 0 aliphatic heterocycles. The average Bonchev–Trinajstić information content (AvgIpc) is 2.21. The topological polar surface area (TPSA) is 59.0 Å². The van der Waals surface area contributed by atoms with Crippen molar-refractivity contribution in [3.05, 3.63) is 28.2 Å². The summed E-state index contributed by atoms with van der Waals surface area (Å²) in [4.78, 5) is 0. The smallest absolute Gasteiger partial charge is 0.124 e. The highest BCUT2D eigenvalue weighted by molar-refractivity contribution is 9.10. The molecule has 0 heterocycles. The Morgan fingerprint density at radius 3 is 2.93 bits per heavy atom. The predicted molar refractivity (Wildman–Crippen MR) is 62.5 cm³/mol. The van der Waals surface area contributed by atoms with Crippen molar-refractivity contribution in [2.24, 2.45) is 5.73 Å². The molecule has 0 aliphatic rings. The molecule has 0 spiro atoms. The van der Waals surface area contributed by atoms with Gasteiger partial charge in [0.05, 0.1) is 19.1 Å². The van der Waals surface area contributed by atoms with Gasteiger partial charge in [-0.15, -0.1) is 0 Å². The first-order valence-electron chi connectivity index (χ1n) is 4.73. The van der Waals surface area contributed by atoms with E-state index >= 15 is 0 Å². The second-order valence-electron chi connectivity index (χ2n) is 3.08. The van der Waals surface area contributed by atoms with Crippen LogP contribution in [0.3, 0.4) is 0 Å². The van der Waals surface area contributed by atoms with Crippen LogP contribution in [-0.2, 0) is 0 Å². The van der Waals surface area contributed by atoms with Gasteiger partial charge in [0, 0.05) is 16.1 Å². The quantitative estimate of drug-likeness (QED) is 0.914. The van der Waals surface area contributed by atoms with Gasteiger partial charge in [-0.2, -0.15) is 5.26 Å². The maximum atomic E-state index is 8.61. The number of nitrogens with zero attached hydrogens (tertiary/aromatic N) is 1. The number of hydrogen-bond acceptors (Lipinski definition) is 3. The summed E-state index contributed by atoms with van der Waals surface area (Å²) in [7, 11) is 0. The van der Waals surface area contributed by atoms with Crippen LogP contribution >= 0.6 is 15.9 Å². The third-order valence-corrected chi connectivity index (χ3v) is 2.48. The molecule has 0 amide bonds. The fourth-order valence-corrected chi connectivity index (χ4v) is 1.68. The second kappa shape index (κ2) is 5.74. The highest BCUT2D eigenvalue weighted by Gasteiger charge is 2.12. The summed E-state index contributed by atoms with van der Waals surface area (Å²) in [5.74, 6) is 0.753. The van der Waals surface area contributed by atoms with Crippen molar-refractivity contribution in [2.75, 3.05) is 6.61 Å². The van der Waals surface area contributed by atoms with Gasteiger partial charge >= 0.3 is 0 Å². The van der Waals surface area contributed by atoms with Crippen molar-refractivity contribution in [3.8, 4) is 11.8 Å². The molecule has 0 unspecified atom stereocenters. The summed E-state index contributed by atoms with van der Waals surface area (Å²) in [5, 5.41) is 8.61. The number of hydrogen-bond donors (Lipinski definition) is 1. The van der Waals surface area contributed by atoms with Gasteiger partial charge < -0.3 is 10.5 Å². The Morgan fingerprint density at radius 2 is 2.33 bits per heavy atom. The first-order valence-corrected chi connectivity index (χ1v) is 5.53. The molecule has 2 N–H and O–H groups in total. The summed E-state index contributed by atoms with van der Waals surface area (Å²) in [6.45, 7) is 2.51. The number of halogens is 1. The van der Waals surface area contributed by atoms with Gasteiger partial charge in [-0.05, 0) is 25.1 Å². The van der Waals surface area contributed by atoms with Crippen molar-refractivity contribution >= 4 is 15.9 Å². The SMILES string of the molecule is CCOc1ccc(Br)cc1[C@H](N)CC#N.